The number of nitrogens with zero attached hydrogens (tertiary/aromatic N) is 2. The first-order chi connectivity index (χ1) is 6.31. The van der Waals surface area contributed by atoms with E-state index in [0.717, 1.165) is 31.9 Å². The van der Waals surface area contributed by atoms with Gasteiger partial charge in [0.2, 0.25) is 5.88 Å². The molecule has 0 amide bonds. The smallest absolute Gasteiger partial charge is 0.215 e. The number of aryl methyl sites for hydroxylation is 2. The van der Waals surface area contributed by atoms with Gasteiger partial charge in [-0.05, 0) is 18.8 Å². The van der Waals surface area contributed by atoms with Crippen LogP contribution in [-0.2, 0) is 13.0 Å². The maximum atomic E-state index is 5.72. The van der Waals surface area contributed by atoms with Crippen LogP contribution in [0.2, 0.25) is 0 Å². The minimum absolute atomic E-state index is 0.645. The molecular weight excluding hydrogens is 164 g/mol. The van der Waals surface area contributed by atoms with Crippen LogP contribution in [0.4, 0.5) is 0 Å². The fraction of sp³-hybridized carbons (Fsp3) is 0.700. The van der Waals surface area contributed by atoms with Gasteiger partial charge in [0.25, 0.3) is 0 Å². The molecule has 3 heteroatoms. The van der Waals surface area contributed by atoms with Crippen molar-refractivity contribution in [3.8, 4) is 5.88 Å². The van der Waals surface area contributed by atoms with E-state index in [-0.39, 0.29) is 0 Å². The summed E-state index contributed by atoms with van der Waals surface area (Å²) in [6.45, 7) is 6.18. The summed E-state index contributed by atoms with van der Waals surface area (Å²) in [6, 6.07) is 0. The SMILES string of the molecule is CCc1cnn2c1OC[C@H](C)CC2. The molecule has 3 nitrogen and oxygen atoms in total. The standard InChI is InChI=1S/C10H16N2O/c1-3-9-6-11-12-5-4-8(2)7-13-10(9)12/h6,8H,3-5,7H2,1-2H3/t8-/m1/s1. The topological polar surface area (TPSA) is 27.1 Å². The van der Waals surface area contributed by atoms with E-state index in [4.69, 9.17) is 4.74 Å². The highest BCUT2D eigenvalue weighted by Gasteiger charge is 2.16. The average Bonchev–Trinajstić information content (AvgIpc) is 2.45. The quantitative estimate of drug-likeness (QED) is 0.659. The summed E-state index contributed by atoms with van der Waals surface area (Å²) >= 11 is 0. The first kappa shape index (κ1) is 8.60. The second kappa shape index (κ2) is 3.40. The lowest BCUT2D eigenvalue weighted by molar-refractivity contribution is 0.258. The van der Waals surface area contributed by atoms with Crippen LogP contribution in [-0.4, -0.2) is 16.4 Å². The van der Waals surface area contributed by atoms with Crippen LogP contribution >= 0.6 is 0 Å². The molecule has 0 N–H and O–H groups in total. The molecule has 1 aliphatic heterocycles. The number of aromatic nitrogens is 2. The van der Waals surface area contributed by atoms with E-state index in [2.05, 4.69) is 18.9 Å². The molecule has 0 saturated heterocycles. The van der Waals surface area contributed by atoms with Crippen LogP contribution in [0.15, 0.2) is 6.20 Å². The van der Waals surface area contributed by atoms with Crippen LogP contribution in [0.5, 0.6) is 5.88 Å². The number of ether oxygens (including phenoxy) is 1. The van der Waals surface area contributed by atoms with Gasteiger partial charge in [0.15, 0.2) is 0 Å². The Bertz CT molecular complexity index is 293. The molecular formula is C10H16N2O. The van der Waals surface area contributed by atoms with Gasteiger partial charge in [0.1, 0.15) is 0 Å². The molecule has 2 rings (SSSR count). The lowest BCUT2D eigenvalue weighted by atomic mass is 10.1. The monoisotopic (exact) mass is 180 g/mol. The second-order valence-corrected chi connectivity index (χ2v) is 3.76. The molecule has 13 heavy (non-hydrogen) atoms. The average molecular weight is 180 g/mol. The van der Waals surface area contributed by atoms with Gasteiger partial charge < -0.3 is 4.74 Å². The van der Waals surface area contributed by atoms with E-state index in [9.17, 15) is 0 Å². The lowest BCUT2D eigenvalue weighted by Crippen LogP contribution is -2.06. The van der Waals surface area contributed by atoms with Gasteiger partial charge in [-0.1, -0.05) is 13.8 Å². The van der Waals surface area contributed by atoms with Crippen molar-refractivity contribution in [2.24, 2.45) is 5.92 Å². The van der Waals surface area contributed by atoms with Gasteiger partial charge in [-0.3, -0.25) is 0 Å². The second-order valence-electron chi connectivity index (χ2n) is 3.76. The third-order valence-corrected chi connectivity index (χ3v) is 2.58. The lowest BCUT2D eigenvalue weighted by Gasteiger charge is -2.06. The van der Waals surface area contributed by atoms with E-state index in [0.29, 0.717) is 5.92 Å². The normalized spacial score (nSPS) is 21.8. The molecule has 1 aromatic heterocycles. The van der Waals surface area contributed by atoms with Crippen molar-refractivity contribution in [3.63, 3.8) is 0 Å². The van der Waals surface area contributed by atoms with Crippen molar-refractivity contribution >= 4 is 0 Å². The zero-order valence-electron chi connectivity index (χ0n) is 8.29. The van der Waals surface area contributed by atoms with Crippen molar-refractivity contribution < 1.29 is 4.74 Å². The van der Waals surface area contributed by atoms with Crippen LogP contribution in [0.25, 0.3) is 0 Å². The number of hydrogen-bond acceptors (Lipinski definition) is 2. The van der Waals surface area contributed by atoms with Crippen molar-refractivity contribution in [3.05, 3.63) is 11.8 Å². The fourth-order valence-electron chi connectivity index (χ4n) is 1.63. The van der Waals surface area contributed by atoms with Crippen molar-refractivity contribution in [1.82, 2.24) is 9.78 Å². The molecule has 0 saturated carbocycles. The zero-order valence-corrected chi connectivity index (χ0v) is 8.29. The number of rotatable bonds is 1. The van der Waals surface area contributed by atoms with Crippen LogP contribution < -0.4 is 4.74 Å². The first-order valence-electron chi connectivity index (χ1n) is 4.98. The highest BCUT2D eigenvalue weighted by Crippen LogP contribution is 2.23. The van der Waals surface area contributed by atoms with E-state index >= 15 is 0 Å². The third kappa shape index (κ3) is 1.55. The summed E-state index contributed by atoms with van der Waals surface area (Å²) in [5.74, 6) is 1.64. The molecule has 0 spiro atoms. The van der Waals surface area contributed by atoms with E-state index < -0.39 is 0 Å². The van der Waals surface area contributed by atoms with E-state index in [1.807, 2.05) is 10.9 Å². The number of hydrogen-bond donors (Lipinski definition) is 0. The Morgan fingerprint density at radius 1 is 1.69 bits per heavy atom. The zero-order chi connectivity index (χ0) is 9.26. The van der Waals surface area contributed by atoms with Crippen molar-refractivity contribution in [1.29, 1.82) is 0 Å². The maximum absolute atomic E-state index is 5.72. The molecule has 2 heterocycles. The van der Waals surface area contributed by atoms with Gasteiger partial charge in [-0.25, -0.2) is 4.68 Å². The van der Waals surface area contributed by atoms with Gasteiger partial charge in [0.05, 0.1) is 12.8 Å². The Hall–Kier alpha value is -0.990. The molecule has 0 aliphatic carbocycles. The largest absolute Gasteiger partial charge is 0.477 e. The Labute approximate surface area is 78.7 Å². The molecule has 1 atom stereocenters. The number of fused-ring (bicyclic) bond motifs is 1. The summed E-state index contributed by atoms with van der Waals surface area (Å²) in [5, 5.41) is 4.31. The minimum atomic E-state index is 0.645. The summed E-state index contributed by atoms with van der Waals surface area (Å²) in [5.41, 5.74) is 1.23. The molecule has 0 aromatic carbocycles. The van der Waals surface area contributed by atoms with Crippen molar-refractivity contribution in [2.75, 3.05) is 6.61 Å². The van der Waals surface area contributed by atoms with Crippen molar-refractivity contribution in [2.45, 2.75) is 33.2 Å². The van der Waals surface area contributed by atoms with Gasteiger partial charge in [-0.15, -0.1) is 0 Å². The summed E-state index contributed by atoms with van der Waals surface area (Å²) in [6.07, 6.45) is 4.09. The predicted molar refractivity (Wildman–Crippen MR) is 50.9 cm³/mol. The molecule has 0 unspecified atom stereocenters. The highest BCUT2D eigenvalue weighted by molar-refractivity contribution is 5.24. The summed E-state index contributed by atoms with van der Waals surface area (Å²) < 4.78 is 7.71. The molecule has 0 fully saturated rings. The first-order valence-corrected chi connectivity index (χ1v) is 4.98. The Morgan fingerprint density at radius 3 is 3.31 bits per heavy atom. The minimum Gasteiger partial charge on any atom is -0.477 e. The molecule has 0 radical (unpaired) electrons. The molecule has 1 aromatic rings. The van der Waals surface area contributed by atoms with E-state index in [1.165, 1.54) is 5.56 Å². The Morgan fingerprint density at radius 2 is 2.54 bits per heavy atom. The highest BCUT2D eigenvalue weighted by atomic mass is 16.5. The van der Waals surface area contributed by atoms with Crippen LogP contribution in [0.3, 0.4) is 0 Å². The molecule has 72 valence electrons. The van der Waals surface area contributed by atoms with Gasteiger partial charge in [0, 0.05) is 12.1 Å². The Kier molecular flexibility index (Phi) is 2.25. The maximum Gasteiger partial charge on any atom is 0.215 e. The van der Waals surface area contributed by atoms with E-state index in [1.54, 1.807) is 0 Å². The predicted octanol–water partition coefficient (Wildman–Crippen LogP) is 1.86. The molecule has 0 bridgehead atoms. The van der Waals surface area contributed by atoms with Crippen LogP contribution in [0, 0.1) is 5.92 Å². The van der Waals surface area contributed by atoms with Gasteiger partial charge in [-0.2, -0.15) is 5.10 Å². The summed E-state index contributed by atoms with van der Waals surface area (Å²) in [4.78, 5) is 0. The van der Waals surface area contributed by atoms with Crippen LogP contribution in [0.1, 0.15) is 25.8 Å². The Balaban J connectivity index is 2.26. The third-order valence-electron chi connectivity index (χ3n) is 2.58. The van der Waals surface area contributed by atoms with Gasteiger partial charge >= 0.3 is 0 Å². The summed E-state index contributed by atoms with van der Waals surface area (Å²) in [7, 11) is 0. The fourth-order valence-corrected chi connectivity index (χ4v) is 1.63. The molecule has 1 aliphatic rings.